The molecular weight excluding hydrogens is 260 g/mol. The van der Waals surface area contributed by atoms with Gasteiger partial charge < -0.3 is 10.1 Å². The van der Waals surface area contributed by atoms with E-state index in [1.807, 2.05) is 6.20 Å². The highest BCUT2D eigenvalue weighted by Crippen LogP contribution is 2.36. The Bertz CT molecular complexity index is 473. The van der Waals surface area contributed by atoms with Crippen molar-refractivity contribution in [2.24, 2.45) is 17.8 Å². The number of methoxy groups -OCH3 is 1. The van der Waals surface area contributed by atoms with Crippen molar-refractivity contribution in [2.45, 2.75) is 46.5 Å². The summed E-state index contributed by atoms with van der Waals surface area (Å²) in [5.74, 6) is 3.37. The van der Waals surface area contributed by atoms with Crippen LogP contribution >= 0.6 is 0 Å². The second-order valence-electron chi connectivity index (χ2n) is 6.75. The van der Waals surface area contributed by atoms with E-state index in [0.29, 0.717) is 0 Å². The predicted octanol–water partition coefficient (Wildman–Crippen LogP) is 3.52. The molecule has 3 heteroatoms. The third-order valence-corrected chi connectivity index (χ3v) is 5.07. The molecule has 0 radical (unpaired) electrons. The molecule has 0 saturated heterocycles. The van der Waals surface area contributed by atoms with E-state index < -0.39 is 0 Å². The first-order valence-electron chi connectivity index (χ1n) is 8.20. The predicted molar refractivity (Wildman–Crippen MR) is 87.9 cm³/mol. The van der Waals surface area contributed by atoms with Gasteiger partial charge >= 0.3 is 0 Å². The monoisotopic (exact) mass is 290 g/mol. The number of ether oxygens (including phenoxy) is 1. The SMILES string of the molecule is CNCC1CCC(C)CC1Cc1ncc(C)c(OC)c1C. The maximum atomic E-state index is 5.55. The Balaban J connectivity index is 2.18. The molecule has 1 N–H and O–H groups in total. The van der Waals surface area contributed by atoms with Gasteiger partial charge in [0.1, 0.15) is 5.75 Å². The Labute approximate surface area is 129 Å². The lowest BCUT2D eigenvalue weighted by molar-refractivity contribution is 0.185. The number of nitrogens with one attached hydrogen (secondary N) is 1. The van der Waals surface area contributed by atoms with E-state index in [1.165, 1.54) is 30.5 Å². The lowest BCUT2D eigenvalue weighted by Crippen LogP contribution is -2.32. The Morgan fingerprint density at radius 3 is 2.71 bits per heavy atom. The molecule has 21 heavy (non-hydrogen) atoms. The van der Waals surface area contributed by atoms with Crippen LogP contribution in [0.3, 0.4) is 0 Å². The van der Waals surface area contributed by atoms with Crippen molar-refractivity contribution in [1.29, 1.82) is 0 Å². The second-order valence-corrected chi connectivity index (χ2v) is 6.75. The Hall–Kier alpha value is -1.09. The summed E-state index contributed by atoms with van der Waals surface area (Å²) in [4.78, 5) is 4.70. The summed E-state index contributed by atoms with van der Waals surface area (Å²) >= 11 is 0. The van der Waals surface area contributed by atoms with Crippen molar-refractivity contribution in [1.82, 2.24) is 10.3 Å². The molecule has 3 nitrogen and oxygen atoms in total. The molecule has 2 rings (SSSR count). The molecule has 0 aliphatic heterocycles. The van der Waals surface area contributed by atoms with Gasteiger partial charge in [0.15, 0.2) is 0 Å². The Kier molecular flexibility index (Phi) is 5.63. The topological polar surface area (TPSA) is 34.2 Å². The summed E-state index contributed by atoms with van der Waals surface area (Å²) in [6, 6.07) is 0. The van der Waals surface area contributed by atoms with Crippen molar-refractivity contribution in [3.05, 3.63) is 23.0 Å². The molecule has 118 valence electrons. The lowest BCUT2D eigenvalue weighted by Gasteiger charge is -2.35. The van der Waals surface area contributed by atoms with Crippen molar-refractivity contribution < 1.29 is 4.74 Å². The zero-order chi connectivity index (χ0) is 15.4. The fourth-order valence-electron chi connectivity index (χ4n) is 3.87. The Morgan fingerprint density at radius 2 is 2.05 bits per heavy atom. The number of nitrogens with zero attached hydrogens (tertiary/aromatic N) is 1. The average Bonchev–Trinajstić information content (AvgIpc) is 2.45. The molecule has 3 unspecified atom stereocenters. The number of hydrogen-bond donors (Lipinski definition) is 1. The average molecular weight is 290 g/mol. The Morgan fingerprint density at radius 1 is 1.29 bits per heavy atom. The van der Waals surface area contributed by atoms with E-state index in [0.717, 1.165) is 42.0 Å². The zero-order valence-corrected chi connectivity index (χ0v) is 14.2. The van der Waals surface area contributed by atoms with Gasteiger partial charge in [0, 0.05) is 23.0 Å². The summed E-state index contributed by atoms with van der Waals surface area (Å²) < 4.78 is 5.55. The van der Waals surface area contributed by atoms with E-state index >= 15 is 0 Å². The second kappa shape index (κ2) is 7.26. The molecular formula is C18H30N2O. The smallest absolute Gasteiger partial charge is 0.128 e. The molecule has 3 atom stereocenters. The van der Waals surface area contributed by atoms with Gasteiger partial charge in [-0.3, -0.25) is 4.98 Å². The molecule has 1 aromatic rings. The van der Waals surface area contributed by atoms with Gasteiger partial charge in [0.05, 0.1) is 7.11 Å². The normalized spacial score (nSPS) is 25.9. The van der Waals surface area contributed by atoms with E-state index in [9.17, 15) is 0 Å². The van der Waals surface area contributed by atoms with Crippen molar-refractivity contribution in [3.63, 3.8) is 0 Å². The van der Waals surface area contributed by atoms with Crippen LogP contribution in [0.25, 0.3) is 0 Å². The van der Waals surface area contributed by atoms with Gasteiger partial charge in [-0.2, -0.15) is 0 Å². The van der Waals surface area contributed by atoms with Gasteiger partial charge in [-0.05, 0) is 64.5 Å². The van der Waals surface area contributed by atoms with E-state index in [2.05, 4.69) is 33.1 Å². The zero-order valence-electron chi connectivity index (χ0n) is 14.2. The highest BCUT2D eigenvalue weighted by Gasteiger charge is 2.29. The molecule has 1 fully saturated rings. The van der Waals surface area contributed by atoms with E-state index in [1.54, 1.807) is 7.11 Å². The summed E-state index contributed by atoms with van der Waals surface area (Å²) in [6.07, 6.45) is 7.07. The van der Waals surface area contributed by atoms with Crippen LogP contribution in [0.4, 0.5) is 0 Å². The number of aromatic nitrogens is 1. The number of hydrogen-bond acceptors (Lipinski definition) is 3. The van der Waals surface area contributed by atoms with Gasteiger partial charge in [-0.15, -0.1) is 0 Å². The largest absolute Gasteiger partial charge is 0.496 e. The summed E-state index contributed by atoms with van der Waals surface area (Å²) in [5, 5.41) is 3.37. The molecule has 0 spiro atoms. The van der Waals surface area contributed by atoms with Crippen LogP contribution in [0.1, 0.15) is 43.0 Å². The van der Waals surface area contributed by atoms with Crippen LogP contribution < -0.4 is 10.1 Å². The minimum Gasteiger partial charge on any atom is -0.496 e. The number of pyridine rings is 1. The first kappa shape index (κ1) is 16.3. The summed E-state index contributed by atoms with van der Waals surface area (Å²) in [5.41, 5.74) is 3.57. The quantitative estimate of drug-likeness (QED) is 0.901. The van der Waals surface area contributed by atoms with E-state index in [4.69, 9.17) is 9.72 Å². The van der Waals surface area contributed by atoms with Gasteiger partial charge in [-0.25, -0.2) is 0 Å². The molecule has 0 aromatic carbocycles. The van der Waals surface area contributed by atoms with Gasteiger partial charge in [0.2, 0.25) is 0 Å². The first-order chi connectivity index (χ1) is 10.1. The molecule has 1 saturated carbocycles. The first-order valence-corrected chi connectivity index (χ1v) is 8.20. The molecule has 0 bridgehead atoms. The fraction of sp³-hybridized carbons (Fsp3) is 0.722. The highest BCUT2D eigenvalue weighted by molar-refractivity contribution is 5.41. The highest BCUT2D eigenvalue weighted by atomic mass is 16.5. The lowest BCUT2D eigenvalue weighted by atomic mass is 9.72. The van der Waals surface area contributed by atoms with Crippen LogP contribution in [0.5, 0.6) is 5.75 Å². The number of rotatable bonds is 5. The molecule has 1 aromatic heterocycles. The molecule has 1 heterocycles. The third-order valence-electron chi connectivity index (χ3n) is 5.07. The molecule has 1 aliphatic carbocycles. The summed E-state index contributed by atoms with van der Waals surface area (Å²) in [7, 11) is 3.82. The van der Waals surface area contributed by atoms with Crippen LogP contribution in [0.15, 0.2) is 6.20 Å². The summed E-state index contributed by atoms with van der Waals surface area (Å²) in [6.45, 7) is 7.72. The standard InChI is InChI=1S/C18H30N2O/c1-12-6-7-15(11-19-4)16(8-12)9-17-14(3)18(21-5)13(2)10-20-17/h10,12,15-16,19H,6-9,11H2,1-5H3. The molecule has 1 aliphatic rings. The van der Waals surface area contributed by atoms with Crippen molar-refractivity contribution in [2.75, 3.05) is 20.7 Å². The van der Waals surface area contributed by atoms with Crippen LogP contribution in [-0.2, 0) is 6.42 Å². The van der Waals surface area contributed by atoms with Crippen LogP contribution in [0.2, 0.25) is 0 Å². The minimum atomic E-state index is 0.736. The van der Waals surface area contributed by atoms with Gasteiger partial charge in [0.25, 0.3) is 0 Å². The fourth-order valence-corrected chi connectivity index (χ4v) is 3.87. The van der Waals surface area contributed by atoms with Crippen LogP contribution in [0, 0.1) is 31.6 Å². The van der Waals surface area contributed by atoms with Gasteiger partial charge in [-0.1, -0.05) is 13.3 Å². The third kappa shape index (κ3) is 3.76. The van der Waals surface area contributed by atoms with Crippen molar-refractivity contribution >= 4 is 0 Å². The van der Waals surface area contributed by atoms with Crippen molar-refractivity contribution in [3.8, 4) is 5.75 Å². The minimum absolute atomic E-state index is 0.736. The van der Waals surface area contributed by atoms with Crippen LogP contribution in [-0.4, -0.2) is 25.7 Å². The van der Waals surface area contributed by atoms with E-state index in [-0.39, 0.29) is 0 Å². The maximum absolute atomic E-state index is 5.55. The maximum Gasteiger partial charge on any atom is 0.128 e. The molecule has 0 amide bonds. The number of aryl methyl sites for hydroxylation is 1.